The maximum absolute atomic E-state index is 13.7. The molecule has 2 aromatic heterocycles. The molecule has 49 heavy (non-hydrogen) atoms. The van der Waals surface area contributed by atoms with Crippen LogP contribution in [0.5, 0.6) is 0 Å². The normalized spacial score (nSPS) is 18.6. The molecule has 1 saturated carbocycles. The third kappa shape index (κ3) is 10.2. The standard InChI is InChI=1S/C38H52N6O5/c1-24-17-25(2)42-36(46)34(24)22-41-35(45)33-19-28(27-7-8-32(40-20-27)23-44-13-15-48-16-14-44)18-29(26(33)3)21-39-30-9-11-31(12-10-30)43-37(47)49-38(4,5)6/h7-8,17-20,30-31,39H,9-16,21-23H2,1-6H3,(H,41,45)(H,42,46)(H,43,47). The van der Waals surface area contributed by atoms with E-state index in [9.17, 15) is 14.4 Å². The van der Waals surface area contributed by atoms with Crippen molar-refractivity contribution in [3.05, 3.63) is 86.1 Å². The Kier molecular flexibility index (Phi) is 11.9. The predicted octanol–water partition coefficient (Wildman–Crippen LogP) is 5.05. The Morgan fingerprint density at radius 2 is 1.69 bits per heavy atom. The first kappa shape index (κ1) is 36.2. The monoisotopic (exact) mass is 672 g/mol. The number of amides is 2. The van der Waals surface area contributed by atoms with Gasteiger partial charge in [-0.3, -0.25) is 19.5 Å². The van der Waals surface area contributed by atoms with E-state index >= 15 is 0 Å². The Balaban J connectivity index is 1.31. The van der Waals surface area contributed by atoms with Gasteiger partial charge in [-0.2, -0.15) is 0 Å². The average Bonchev–Trinajstić information content (AvgIpc) is 3.04. The molecule has 1 aromatic carbocycles. The summed E-state index contributed by atoms with van der Waals surface area (Å²) in [6.45, 7) is 16.1. The van der Waals surface area contributed by atoms with Gasteiger partial charge in [0, 0.05) is 73.4 Å². The molecule has 2 amide bonds. The number of nitrogens with one attached hydrogen (secondary N) is 4. The summed E-state index contributed by atoms with van der Waals surface area (Å²) in [6.07, 6.45) is 5.09. The molecule has 4 N–H and O–H groups in total. The van der Waals surface area contributed by atoms with Crippen molar-refractivity contribution in [1.82, 2.24) is 30.8 Å². The Labute approximate surface area is 289 Å². The number of aromatic amines is 1. The molecule has 1 saturated heterocycles. The molecule has 1 aliphatic carbocycles. The van der Waals surface area contributed by atoms with E-state index in [1.54, 1.807) is 0 Å². The lowest BCUT2D eigenvalue weighted by atomic mass is 9.90. The molecule has 0 unspecified atom stereocenters. The fraction of sp³-hybridized carbons (Fsp3) is 0.526. The quantitative estimate of drug-likeness (QED) is 0.235. The molecule has 0 bridgehead atoms. The van der Waals surface area contributed by atoms with Gasteiger partial charge >= 0.3 is 6.09 Å². The second kappa shape index (κ2) is 16.1. The highest BCUT2D eigenvalue weighted by Gasteiger charge is 2.25. The smallest absolute Gasteiger partial charge is 0.407 e. The minimum absolute atomic E-state index is 0.0939. The lowest BCUT2D eigenvalue weighted by Gasteiger charge is -2.31. The second-order valence-electron chi connectivity index (χ2n) is 14.4. The van der Waals surface area contributed by atoms with Crippen LogP contribution in [0, 0.1) is 20.8 Å². The molecule has 0 atom stereocenters. The third-order valence-corrected chi connectivity index (χ3v) is 9.36. The zero-order valence-electron chi connectivity index (χ0n) is 29.8. The molecule has 0 spiro atoms. The number of hydrogen-bond acceptors (Lipinski definition) is 8. The lowest BCUT2D eigenvalue weighted by Crippen LogP contribution is -2.43. The number of ether oxygens (including phenoxy) is 2. The summed E-state index contributed by atoms with van der Waals surface area (Å²) in [5, 5.41) is 9.73. The first-order valence-electron chi connectivity index (χ1n) is 17.4. The van der Waals surface area contributed by atoms with E-state index < -0.39 is 5.60 Å². The van der Waals surface area contributed by atoms with Crippen LogP contribution in [0.25, 0.3) is 11.1 Å². The van der Waals surface area contributed by atoms with Gasteiger partial charge in [0.25, 0.3) is 11.5 Å². The van der Waals surface area contributed by atoms with Crippen LogP contribution < -0.4 is 21.5 Å². The molecule has 2 aliphatic rings. The summed E-state index contributed by atoms with van der Waals surface area (Å²) in [7, 11) is 0. The number of nitrogens with zero attached hydrogens (tertiary/aromatic N) is 2. The number of carbonyl (C=O) groups excluding carboxylic acids is 2. The third-order valence-electron chi connectivity index (χ3n) is 9.36. The molecule has 3 aromatic rings. The maximum atomic E-state index is 13.7. The molecule has 5 rings (SSSR count). The van der Waals surface area contributed by atoms with E-state index in [-0.39, 0.29) is 36.2 Å². The number of alkyl carbamates (subject to hydrolysis) is 1. The van der Waals surface area contributed by atoms with Crippen molar-refractivity contribution in [2.45, 2.75) is 105 Å². The number of carbonyl (C=O) groups is 2. The largest absolute Gasteiger partial charge is 0.444 e. The van der Waals surface area contributed by atoms with Crippen LogP contribution in [-0.2, 0) is 29.1 Å². The van der Waals surface area contributed by atoms with Gasteiger partial charge in [-0.25, -0.2) is 4.79 Å². The fourth-order valence-corrected chi connectivity index (χ4v) is 6.57. The second-order valence-corrected chi connectivity index (χ2v) is 14.4. The summed E-state index contributed by atoms with van der Waals surface area (Å²) in [5.74, 6) is -0.231. The van der Waals surface area contributed by atoms with Crippen LogP contribution in [0.2, 0.25) is 0 Å². The Hall–Kier alpha value is -4.06. The zero-order chi connectivity index (χ0) is 35.1. The van der Waals surface area contributed by atoms with Gasteiger partial charge in [-0.15, -0.1) is 0 Å². The number of morpholine rings is 1. The average molecular weight is 673 g/mol. The summed E-state index contributed by atoms with van der Waals surface area (Å²) in [5.41, 5.74) is 6.78. The van der Waals surface area contributed by atoms with E-state index in [0.717, 1.165) is 97.7 Å². The first-order chi connectivity index (χ1) is 23.3. The highest BCUT2D eigenvalue weighted by Crippen LogP contribution is 2.27. The molecular formula is C38H52N6O5. The topological polar surface area (TPSA) is 138 Å². The van der Waals surface area contributed by atoms with Gasteiger partial charge in [0.2, 0.25) is 0 Å². The molecule has 11 nitrogen and oxygen atoms in total. The van der Waals surface area contributed by atoms with Crippen molar-refractivity contribution in [3.63, 3.8) is 0 Å². The van der Waals surface area contributed by atoms with E-state index in [4.69, 9.17) is 14.5 Å². The molecule has 11 heteroatoms. The number of benzene rings is 1. The molecule has 2 fully saturated rings. The number of H-pyrrole nitrogens is 1. The minimum atomic E-state index is -0.525. The van der Waals surface area contributed by atoms with Crippen LogP contribution in [0.4, 0.5) is 4.79 Å². The van der Waals surface area contributed by atoms with Crippen LogP contribution in [0.1, 0.15) is 90.5 Å². The number of rotatable bonds is 10. The van der Waals surface area contributed by atoms with Crippen molar-refractivity contribution in [2.24, 2.45) is 0 Å². The fourth-order valence-electron chi connectivity index (χ4n) is 6.57. The van der Waals surface area contributed by atoms with E-state index in [1.807, 2.05) is 59.9 Å². The number of pyridine rings is 2. The zero-order valence-corrected chi connectivity index (χ0v) is 29.8. The summed E-state index contributed by atoms with van der Waals surface area (Å²) >= 11 is 0. The first-order valence-corrected chi connectivity index (χ1v) is 17.4. The van der Waals surface area contributed by atoms with Crippen LogP contribution in [0.15, 0.2) is 41.3 Å². The Morgan fingerprint density at radius 1 is 0.980 bits per heavy atom. The molecular weight excluding hydrogens is 620 g/mol. The van der Waals surface area contributed by atoms with E-state index in [2.05, 4.69) is 44.0 Å². The molecule has 1 aliphatic heterocycles. The van der Waals surface area contributed by atoms with Crippen molar-refractivity contribution < 1.29 is 19.1 Å². The van der Waals surface area contributed by atoms with Gasteiger partial charge in [0.05, 0.1) is 18.9 Å². The number of aromatic nitrogens is 2. The van der Waals surface area contributed by atoms with Gasteiger partial charge in [-0.1, -0.05) is 6.07 Å². The Bertz CT molecular complexity index is 1670. The number of hydrogen-bond donors (Lipinski definition) is 4. The summed E-state index contributed by atoms with van der Waals surface area (Å²) in [6, 6.07) is 10.5. The van der Waals surface area contributed by atoms with Gasteiger partial charge in [0.15, 0.2) is 0 Å². The van der Waals surface area contributed by atoms with Gasteiger partial charge in [0.1, 0.15) is 5.60 Å². The van der Waals surface area contributed by atoms with Gasteiger partial charge < -0.3 is 30.4 Å². The van der Waals surface area contributed by atoms with Crippen LogP contribution in [0.3, 0.4) is 0 Å². The molecule has 0 radical (unpaired) electrons. The van der Waals surface area contributed by atoms with Crippen LogP contribution >= 0.6 is 0 Å². The maximum Gasteiger partial charge on any atom is 0.407 e. The molecule has 264 valence electrons. The van der Waals surface area contributed by atoms with Crippen molar-refractivity contribution in [3.8, 4) is 11.1 Å². The van der Waals surface area contributed by atoms with Gasteiger partial charge in [-0.05, 0) is 114 Å². The van der Waals surface area contributed by atoms with Crippen molar-refractivity contribution >= 4 is 12.0 Å². The SMILES string of the molecule is Cc1cc(C)c(CNC(=O)c2cc(-c3ccc(CN4CCOCC4)nc3)cc(CNC3CCC(NC(=O)OC(C)(C)C)CC3)c2C)c(=O)[nH]1. The highest BCUT2D eigenvalue weighted by molar-refractivity contribution is 5.97. The van der Waals surface area contributed by atoms with E-state index in [0.29, 0.717) is 17.7 Å². The van der Waals surface area contributed by atoms with Crippen LogP contribution in [-0.4, -0.2) is 70.9 Å². The highest BCUT2D eigenvalue weighted by atomic mass is 16.6. The number of aryl methyl sites for hydroxylation is 2. The van der Waals surface area contributed by atoms with Crippen molar-refractivity contribution in [1.29, 1.82) is 0 Å². The Morgan fingerprint density at radius 3 is 2.35 bits per heavy atom. The minimum Gasteiger partial charge on any atom is -0.444 e. The summed E-state index contributed by atoms with van der Waals surface area (Å²) < 4.78 is 10.9. The molecule has 3 heterocycles. The lowest BCUT2D eigenvalue weighted by molar-refractivity contribution is 0.0336. The van der Waals surface area contributed by atoms with E-state index in [1.165, 1.54) is 0 Å². The van der Waals surface area contributed by atoms with Crippen molar-refractivity contribution in [2.75, 3.05) is 26.3 Å². The predicted molar refractivity (Wildman–Crippen MR) is 190 cm³/mol. The summed E-state index contributed by atoms with van der Waals surface area (Å²) in [4.78, 5) is 48.6.